The van der Waals surface area contributed by atoms with Crippen LogP contribution in [0.4, 0.5) is 14.5 Å². The summed E-state index contributed by atoms with van der Waals surface area (Å²) in [5.41, 5.74) is 1.84. The van der Waals surface area contributed by atoms with E-state index in [1.54, 1.807) is 0 Å². The molecule has 0 aliphatic heterocycles. The number of amides is 1. The molecule has 112 valence electrons. The van der Waals surface area contributed by atoms with Crippen molar-refractivity contribution in [2.24, 2.45) is 5.10 Å². The van der Waals surface area contributed by atoms with E-state index in [-0.39, 0.29) is 16.8 Å². The largest absolute Gasteiger partial charge is 0.271 e. The number of nitrogens with zero attached hydrogens (tertiary/aromatic N) is 2. The number of non-ortho nitro benzene ring substituents is 1. The highest BCUT2D eigenvalue weighted by molar-refractivity contribution is 5.94. The second kappa shape index (κ2) is 6.53. The van der Waals surface area contributed by atoms with Gasteiger partial charge in [-0.2, -0.15) is 5.10 Å². The van der Waals surface area contributed by atoms with Crippen LogP contribution >= 0.6 is 0 Å². The van der Waals surface area contributed by atoms with Crippen molar-refractivity contribution in [3.8, 4) is 0 Å². The fourth-order valence-electron chi connectivity index (χ4n) is 1.57. The van der Waals surface area contributed by atoms with Gasteiger partial charge in [-0.25, -0.2) is 14.2 Å². The number of hydrogen-bond acceptors (Lipinski definition) is 4. The number of rotatable bonds is 4. The molecule has 2 aromatic rings. The number of benzene rings is 2. The zero-order valence-corrected chi connectivity index (χ0v) is 11.0. The van der Waals surface area contributed by atoms with Crippen LogP contribution in [0.3, 0.4) is 0 Å². The maximum Gasteiger partial charge on any atom is 0.271 e. The Morgan fingerprint density at radius 2 is 1.86 bits per heavy atom. The smallest absolute Gasteiger partial charge is 0.267 e. The minimum absolute atomic E-state index is 0.145. The van der Waals surface area contributed by atoms with Crippen molar-refractivity contribution >= 4 is 17.8 Å². The van der Waals surface area contributed by atoms with Crippen molar-refractivity contribution in [3.05, 3.63) is 75.3 Å². The molecule has 0 fully saturated rings. The number of halogens is 2. The van der Waals surface area contributed by atoms with Crippen LogP contribution in [0.25, 0.3) is 0 Å². The molecule has 0 bridgehead atoms. The topological polar surface area (TPSA) is 84.6 Å². The van der Waals surface area contributed by atoms with E-state index in [1.165, 1.54) is 12.1 Å². The molecule has 0 heterocycles. The van der Waals surface area contributed by atoms with E-state index in [2.05, 4.69) is 10.5 Å². The van der Waals surface area contributed by atoms with Crippen LogP contribution in [-0.2, 0) is 0 Å². The summed E-state index contributed by atoms with van der Waals surface area (Å²) in [5.74, 6) is -1.83. The Morgan fingerprint density at radius 1 is 1.18 bits per heavy atom. The Hall–Kier alpha value is -3.16. The van der Waals surface area contributed by atoms with Crippen LogP contribution < -0.4 is 5.43 Å². The molecule has 0 radical (unpaired) electrons. The van der Waals surface area contributed by atoms with Gasteiger partial charge >= 0.3 is 0 Å². The molecule has 0 saturated carbocycles. The highest BCUT2D eigenvalue weighted by Crippen LogP contribution is 2.15. The molecule has 0 aliphatic rings. The summed E-state index contributed by atoms with van der Waals surface area (Å²) in [6.07, 6.45) is 0.948. The molecule has 1 amide bonds. The maximum atomic E-state index is 13.5. The van der Waals surface area contributed by atoms with Gasteiger partial charge in [-0.3, -0.25) is 14.9 Å². The van der Waals surface area contributed by atoms with Crippen LogP contribution in [-0.4, -0.2) is 17.0 Å². The van der Waals surface area contributed by atoms with E-state index < -0.39 is 22.5 Å². The van der Waals surface area contributed by atoms with E-state index in [4.69, 9.17) is 0 Å². The molecule has 22 heavy (non-hydrogen) atoms. The minimum Gasteiger partial charge on any atom is -0.267 e. The van der Waals surface area contributed by atoms with Crippen LogP contribution in [0.5, 0.6) is 0 Å². The van der Waals surface area contributed by atoms with E-state index >= 15 is 0 Å². The van der Waals surface area contributed by atoms with E-state index in [9.17, 15) is 23.7 Å². The number of nitro groups is 1. The monoisotopic (exact) mass is 305 g/mol. The third-order valence-corrected chi connectivity index (χ3v) is 2.67. The number of nitro benzene ring substituents is 1. The first-order valence-electron chi connectivity index (χ1n) is 6.00. The number of carbonyl (C=O) groups excluding carboxylic acids is 1. The summed E-state index contributed by atoms with van der Waals surface area (Å²) in [7, 11) is 0. The quantitative estimate of drug-likeness (QED) is 0.535. The standard InChI is InChI=1S/C14H9F2N3O3/c15-11-3-1-9(2-4-11)14(20)18-17-8-10-7-12(19(21)22)5-6-13(10)16/h1-8H,(H,18,20)/b17-8+. The molecule has 0 saturated heterocycles. The number of hydrogen-bond donors (Lipinski definition) is 1. The van der Waals surface area contributed by atoms with Gasteiger partial charge in [0.2, 0.25) is 0 Å². The second-order valence-corrected chi connectivity index (χ2v) is 4.17. The van der Waals surface area contributed by atoms with E-state index in [0.29, 0.717) is 0 Å². The average Bonchev–Trinajstić information content (AvgIpc) is 2.49. The normalized spacial score (nSPS) is 10.6. The van der Waals surface area contributed by atoms with Gasteiger partial charge in [0.15, 0.2) is 0 Å². The van der Waals surface area contributed by atoms with Gasteiger partial charge in [0.05, 0.1) is 11.1 Å². The van der Waals surface area contributed by atoms with Crippen molar-refractivity contribution in [2.75, 3.05) is 0 Å². The van der Waals surface area contributed by atoms with E-state index in [0.717, 1.165) is 36.5 Å². The summed E-state index contributed by atoms with van der Waals surface area (Å²) in [4.78, 5) is 21.6. The number of carbonyl (C=O) groups is 1. The molecule has 0 aliphatic carbocycles. The van der Waals surface area contributed by atoms with Crippen molar-refractivity contribution in [1.82, 2.24) is 5.43 Å². The summed E-state index contributed by atoms with van der Waals surface area (Å²) in [6.45, 7) is 0. The summed E-state index contributed by atoms with van der Waals surface area (Å²) >= 11 is 0. The van der Waals surface area contributed by atoms with Crippen molar-refractivity contribution in [2.45, 2.75) is 0 Å². The Morgan fingerprint density at radius 3 is 2.50 bits per heavy atom. The van der Waals surface area contributed by atoms with Crippen molar-refractivity contribution in [3.63, 3.8) is 0 Å². The Labute approximate surface area is 123 Å². The third kappa shape index (κ3) is 3.69. The van der Waals surface area contributed by atoms with Gasteiger partial charge in [0, 0.05) is 23.3 Å². The Balaban J connectivity index is 2.09. The lowest BCUT2D eigenvalue weighted by Crippen LogP contribution is -2.17. The minimum atomic E-state index is -0.717. The van der Waals surface area contributed by atoms with Crippen molar-refractivity contribution in [1.29, 1.82) is 0 Å². The molecule has 8 heteroatoms. The second-order valence-electron chi connectivity index (χ2n) is 4.17. The van der Waals surface area contributed by atoms with Crippen LogP contribution in [0.2, 0.25) is 0 Å². The highest BCUT2D eigenvalue weighted by Gasteiger charge is 2.09. The predicted octanol–water partition coefficient (Wildman–Crippen LogP) is 2.64. The number of hydrazone groups is 1. The summed E-state index contributed by atoms with van der Waals surface area (Å²) < 4.78 is 26.2. The molecule has 0 aromatic heterocycles. The Kier molecular flexibility index (Phi) is 4.52. The zero-order valence-electron chi connectivity index (χ0n) is 11.0. The lowest BCUT2D eigenvalue weighted by atomic mass is 10.2. The lowest BCUT2D eigenvalue weighted by Gasteiger charge is -2.00. The van der Waals surface area contributed by atoms with E-state index in [1.807, 2.05) is 0 Å². The molecular weight excluding hydrogens is 296 g/mol. The van der Waals surface area contributed by atoms with Crippen LogP contribution in [0, 0.1) is 21.7 Å². The fourth-order valence-corrected chi connectivity index (χ4v) is 1.57. The first-order chi connectivity index (χ1) is 10.5. The predicted molar refractivity (Wildman–Crippen MR) is 74.5 cm³/mol. The summed E-state index contributed by atoms with van der Waals surface area (Å²) in [6, 6.07) is 7.67. The summed E-state index contributed by atoms with van der Waals surface area (Å²) in [5, 5.41) is 14.1. The first-order valence-corrected chi connectivity index (χ1v) is 6.00. The highest BCUT2D eigenvalue weighted by atomic mass is 19.1. The lowest BCUT2D eigenvalue weighted by molar-refractivity contribution is -0.384. The molecule has 1 N–H and O–H groups in total. The molecule has 2 aromatic carbocycles. The fraction of sp³-hybridized carbons (Fsp3) is 0. The van der Waals surface area contributed by atoms with Crippen LogP contribution in [0.15, 0.2) is 47.6 Å². The maximum absolute atomic E-state index is 13.5. The van der Waals surface area contributed by atoms with Gasteiger partial charge in [-0.15, -0.1) is 0 Å². The Bertz CT molecular complexity index is 745. The van der Waals surface area contributed by atoms with Gasteiger partial charge in [0.25, 0.3) is 11.6 Å². The van der Waals surface area contributed by atoms with Gasteiger partial charge in [-0.05, 0) is 30.3 Å². The molecule has 2 rings (SSSR count). The molecule has 0 unspecified atom stereocenters. The first kappa shape index (κ1) is 15.2. The van der Waals surface area contributed by atoms with Crippen molar-refractivity contribution < 1.29 is 18.5 Å². The molecule has 0 atom stereocenters. The van der Waals surface area contributed by atoms with Gasteiger partial charge < -0.3 is 0 Å². The van der Waals surface area contributed by atoms with Gasteiger partial charge in [0.1, 0.15) is 11.6 Å². The van der Waals surface area contributed by atoms with Gasteiger partial charge in [-0.1, -0.05) is 0 Å². The third-order valence-electron chi connectivity index (χ3n) is 2.67. The average molecular weight is 305 g/mol. The molecule has 0 spiro atoms. The molecular formula is C14H9F2N3O3. The zero-order chi connectivity index (χ0) is 16.1. The SMILES string of the molecule is O=C(N/N=C/c1cc([N+](=O)[O-])ccc1F)c1ccc(F)cc1. The molecule has 6 nitrogen and oxygen atoms in total. The number of nitrogens with one attached hydrogen (secondary N) is 1. The van der Waals surface area contributed by atoms with Crippen LogP contribution in [0.1, 0.15) is 15.9 Å².